The van der Waals surface area contributed by atoms with E-state index in [0.717, 1.165) is 0 Å². The van der Waals surface area contributed by atoms with Gasteiger partial charge in [0.1, 0.15) is 0 Å². The highest BCUT2D eigenvalue weighted by Gasteiger charge is 2.18. The van der Waals surface area contributed by atoms with Crippen molar-refractivity contribution in [2.75, 3.05) is 7.11 Å². The number of carboxylic acids is 1. The van der Waals surface area contributed by atoms with Gasteiger partial charge in [-0.2, -0.15) is 0 Å². The lowest BCUT2D eigenvalue weighted by Gasteiger charge is -2.14. The second-order valence-electron chi connectivity index (χ2n) is 3.56. The number of carbonyl (C=O) groups is 1. The average Bonchev–Trinajstić information content (AvgIpc) is 2.29. The topological polar surface area (TPSA) is 92.8 Å². The Hall–Kier alpha value is -1.82. The summed E-state index contributed by atoms with van der Waals surface area (Å²) in [6.45, 7) is 0. The molecule has 0 heterocycles. The molecular weight excluding hydrogens is 229 g/mol. The fourth-order valence-corrected chi connectivity index (χ4v) is 1.45. The van der Waals surface area contributed by atoms with Crippen LogP contribution in [0.25, 0.3) is 0 Å². The number of phenols is 1. The molecule has 1 aromatic rings. The van der Waals surface area contributed by atoms with Crippen molar-refractivity contribution in [3.05, 3.63) is 23.5 Å². The van der Waals surface area contributed by atoms with Crippen LogP contribution in [-0.2, 0) is 4.79 Å². The minimum absolute atomic E-state index is 0.0108. The SMILES string of the molecule is COc1ccc(C(N)CCC(=O)O)c(F)c1O. The van der Waals surface area contributed by atoms with Crippen molar-refractivity contribution in [1.82, 2.24) is 0 Å². The molecule has 0 aliphatic heterocycles. The smallest absolute Gasteiger partial charge is 0.303 e. The molecule has 94 valence electrons. The highest BCUT2D eigenvalue weighted by atomic mass is 19.1. The van der Waals surface area contributed by atoms with E-state index in [-0.39, 0.29) is 24.2 Å². The van der Waals surface area contributed by atoms with Gasteiger partial charge in [0.25, 0.3) is 0 Å². The summed E-state index contributed by atoms with van der Waals surface area (Å²) >= 11 is 0. The predicted molar refractivity (Wildman–Crippen MR) is 58.4 cm³/mol. The summed E-state index contributed by atoms with van der Waals surface area (Å²) in [4.78, 5) is 10.4. The molecule has 17 heavy (non-hydrogen) atoms. The number of ether oxygens (including phenoxy) is 1. The lowest BCUT2D eigenvalue weighted by atomic mass is 10.0. The minimum atomic E-state index is -1.00. The number of hydrogen-bond donors (Lipinski definition) is 3. The number of aromatic hydroxyl groups is 1. The van der Waals surface area contributed by atoms with Crippen LogP contribution in [0.5, 0.6) is 11.5 Å². The number of phenolic OH excluding ortho intramolecular Hbond substituents is 1. The zero-order valence-corrected chi connectivity index (χ0v) is 9.31. The fourth-order valence-electron chi connectivity index (χ4n) is 1.45. The number of rotatable bonds is 5. The molecule has 1 aromatic carbocycles. The quantitative estimate of drug-likeness (QED) is 0.727. The number of halogens is 1. The van der Waals surface area contributed by atoms with Crippen LogP contribution in [0.15, 0.2) is 12.1 Å². The molecular formula is C11H14FNO4. The van der Waals surface area contributed by atoms with Gasteiger partial charge in [0.15, 0.2) is 17.3 Å². The molecule has 0 fully saturated rings. The van der Waals surface area contributed by atoms with E-state index >= 15 is 0 Å². The molecule has 0 spiro atoms. The van der Waals surface area contributed by atoms with Gasteiger partial charge in [-0.25, -0.2) is 4.39 Å². The van der Waals surface area contributed by atoms with E-state index in [1.807, 2.05) is 0 Å². The molecule has 0 bridgehead atoms. The summed E-state index contributed by atoms with van der Waals surface area (Å²) in [7, 11) is 1.30. The first-order valence-corrected chi connectivity index (χ1v) is 5.00. The van der Waals surface area contributed by atoms with Gasteiger partial charge in [0, 0.05) is 18.0 Å². The van der Waals surface area contributed by atoms with Crippen LogP contribution in [0.3, 0.4) is 0 Å². The summed E-state index contributed by atoms with van der Waals surface area (Å²) in [5.41, 5.74) is 5.72. The molecule has 1 atom stereocenters. The van der Waals surface area contributed by atoms with Crippen LogP contribution < -0.4 is 10.5 Å². The largest absolute Gasteiger partial charge is 0.502 e. The molecule has 5 nitrogen and oxygen atoms in total. The zero-order chi connectivity index (χ0) is 13.0. The van der Waals surface area contributed by atoms with Crippen LogP contribution in [0.2, 0.25) is 0 Å². The molecule has 0 aromatic heterocycles. The zero-order valence-electron chi connectivity index (χ0n) is 9.31. The first-order valence-electron chi connectivity index (χ1n) is 5.00. The van der Waals surface area contributed by atoms with E-state index < -0.39 is 23.6 Å². The summed E-state index contributed by atoms with van der Waals surface area (Å²) in [6.07, 6.45) is -0.0641. The van der Waals surface area contributed by atoms with Crippen LogP contribution in [-0.4, -0.2) is 23.3 Å². The summed E-state index contributed by atoms with van der Waals surface area (Å²) < 4.78 is 18.4. The first kappa shape index (κ1) is 13.2. The molecule has 0 aliphatic rings. The van der Waals surface area contributed by atoms with Crippen molar-refractivity contribution < 1.29 is 24.1 Å². The fraction of sp³-hybridized carbons (Fsp3) is 0.364. The number of carboxylic acid groups (broad SMARTS) is 1. The Labute approximate surface area is 97.6 Å². The maximum atomic E-state index is 13.7. The van der Waals surface area contributed by atoms with Crippen molar-refractivity contribution in [3.63, 3.8) is 0 Å². The van der Waals surface area contributed by atoms with Crippen LogP contribution in [0.4, 0.5) is 4.39 Å². The normalized spacial score (nSPS) is 12.2. The van der Waals surface area contributed by atoms with Gasteiger partial charge in [0.05, 0.1) is 7.11 Å². The number of nitrogens with two attached hydrogens (primary N) is 1. The highest BCUT2D eigenvalue weighted by molar-refractivity contribution is 5.66. The Bertz CT molecular complexity index is 422. The number of hydrogen-bond acceptors (Lipinski definition) is 4. The lowest BCUT2D eigenvalue weighted by molar-refractivity contribution is -0.137. The molecule has 0 aliphatic carbocycles. The summed E-state index contributed by atoms with van der Waals surface area (Å²) in [5.74, 6) is -2.48. The monoisotopic (exact) mass is 243 g/mol. The number of aliphatic carboxylic acids is 1. The Morgan fingerprint density at radius 1 is 1.59 bits per heavy atom. The van der Waals surface area contributed by atoms with E-state index in [1.165, 1.54) is 19.2 Å². The van der Waals surface area contributed by atoms with Crippen LogP contribution in [0, 0.1) is 5.82 Å². The van der Waals surface area contributed by atoms with E-state index in [9.17, 15) is 14.3 Å². The van der Waals surface area contributed by atoms with E-state index in [4.69, 9.17) is 15.6 Å². The predicted octanol–water partition coefficient (Wildman–Crippen LogP) is 1.40. The van der Waals surface area contributed by atoms with Gasteiger partial charge < -0.3 is 20.7 Å². The third-order valence-electron chi connectivity index (χ3n) is 2.40. The van der Waals surface area contributed by atoms with E-state index in [0.29, 0.717) is 0 Å². The molecule has 1 unspecified atom stereocenters. The van der Waals surface area contributed by atoms with Gasteiger partial charge in [-0.05, 0) is 12.5 Å². The summed E-state index contributed by atoms with van der Waals surface area (Å²) in [6, 6.07) is 1.98. The number of methoxy groups -OCH3 is 1. The van der Waals surface area contributed by atoms with Crippen molar-refractivity contribution in [1.29, 1.82) is 0 Å². The van der Waals surface area contributed by atoms with Gasteiger partial charge in [-0.3, -0.25) is 4.79 Å². The van der Waals surface area contributed by atoms with E-state index in [2.05, 4.69) is 0 Å². The second-order valence-corrected chi connectivity index (χ2v) is 3.56. The molecule has 0 saturated heterocycles. The maximum Gasteiger partial charge on any atom is 0.303 e. The first-order chi connectivity index (χ1) is 7.97. The Balaban J connectivity index is 2.91. The maximum absolute atomic E-state index is 13.7. The Morgan fingerprint density at radius 2 is 2.24 bits per heavy atom. The molecule has 0 radical (unpaired) electrons. The second kappa shape index (κ2) is 5.49. The Kier molecular flexibility index (Phi) is 4.28. The minimum Gasteiger partial charge on any atom is -0.502 e. The molecule has 0 saturated carbocycles. The third kappa shape index (κ3) is 3.07. The van der Waals surface area contributed by atoms with Crippen molar-refractivity contribution in [2.24, 2.45) is 5.73 Å². The van der Waals surface area contributed by atoms with Gasteiger partial charge in [-0.1, -0.05) is 6.07 Å². The van der Waals surface area contributed by atoms with Crippen molar-refractivity contribution in [2.45, 2.75) is 18.9 Å². The van der Waals surface area contributed by atoms with Crippen LogP contribution in [0.1, 0.15) is 24.4 Å². The molecule has 1 rings (SSSR count). The molecule has 0 amide bonds. The van der Waals surface area contributed by atoms with Crippen LogP contribution >= 0.6 is 0 Å². The Morgan fingerprint density at radius 3 is 2.76 bits per heavy atom. The summed E-state index contributed by atoms with van der Waals surface area (Å²) in [5, 5.41) is 17.9. The van der Waals surface area contributed by atoms with Gasteiger partial charge >= 0.3 is 5.97 Å². The molecule has 4 N–H and O–H groups in total. The highest BCUT2D eigenvalue weighted by Crippen LogP contribution is 2.33. The van der Waals surface area contributed by atoms with E-state index in [1.54, 1.807) is 0 Å². The van der Waals surface area contributed by atoms with Gasteiger partial charge in [-0.15, -0.1) is 0 Å². The standard InChI is InChI=1S/C11H14FNO4/c1-17-8-4-2-6(10(12)11(8)16)7(13)3-5-9(14)15/h2,4,7,16H,3,5,13H2,1H3,(H,14,15). The number of benzene rings is 1. The van der Waals surface area contributed by atoms with Crippen molar-refractivity contribution in [3.8, 4) is 11.5 Å². The van der Waals surface area contributed by atoms with Crippen molar-refractivity contribution >= 4 is 5.97 Å². The average molecular weight is 243 g/mol. The van der Waals surface area contributed by atoms with Gasteiger partial charge in [0.2, 0.25) is 0 Å². The lowest BCUT2D eigenvalue weighted by Crippen LogP contribution is -2.14. The molecule has 6 heteroatoms. The third-order valence-corrected chi connectivity index (χ3v) is 2.40.